The molecule has 0 radical (unpaired) electrons. The van der Waals surface area contributed by atoms with Crippen LogP contribution in [0.1, 0.15) is 57.4 Å². The highest BCUT2D eigenvalue weighted by atomic mass is 35.5. The molecule has 1 saturated carbocycles. The molecule has 27 heavy (non-hydrogen) atoms. The topological polar surface area (TPSA) is 56.1 Å². The standard InChI is InChI=1S/C21H28ClN3O2/c1-15(2)27-13-5-12-23-19-14-24-25(21(26)20(19)22)18-10-8-17(9-11-18)16-6-3-4-7-16/h8-11,14-16,23H,3-7,12-13H2,1-2H3. The van der Waals surface area contributed by atoms with Crippen LogP contribution in [0.5, 0.6) is 0 Å². The molecule has 0 amide bonds. The molecule has 1 aromatic heterocycles. The SMILES string of the molecule is CC(C)OCCCNc1cnn(-c2ccc(C3CCCC3)cc2)c(=O)c1Cl. The number of ether oxygens (including phenoxy) is 1. The zero-order valence-corrected chi connectivity index (χ0v) is 16.8. The number of rotatable bonds is 8. The van der Waals surface area contributed by atoms with E-state index in [1.54, 1.807) is 6.20 Å². The first kappa shape index (κ1) is 19.9. The monoisotopic (exact) mass is 389 g/mol. The maximum atomic E-state index is 12.6. The van der Waals surface area contributed by atoms with E-state index in [-0.39, 0.29) is 16.7 Å². The number of aromatic nitrogens is 2. The van der Waals surface area contributed by atoms with Gasteiger partial charge >= 0.3 is 0 Å². The third-order valence-electron chi connectivity index (χ3n) is 4.97. The third kappa shape index (κ3) is 5.11. The second-order valence-corrected chi connectivity index (χ2v) is 7.74. The van der Waals surface area contributed by atoms with Crippen LogP contribution in [0.3, 0.4) is 0 Å². The van der Waals surface area contributed by atoms with E-state index >= 15 is 0 Å². The summed E-state index contributed by atoms with van der Waals surface area (Å²) in [7, 11) is 0. The molecule has 5 nitrogen and oxygen atoms in total. The first-order valence-electron chi connectivity index (χ1n) is 9.80. The highest BCUT2D eigenvalue weighted by molar-refractivity contribution is 6.32. The number of hydrogen-bond acceptors (Lipinski definition) is 4. The fourth-order valence-electron chi connectivity index (χ4n) is 3.50. The van der Waals surface area contributed by atoms with Gasteiger partial charge in [-0.25, -0.2) is 0 Å². The average molecular weight is 390 g/mol. The van der Waals surface area contributed by atoms with Crippen molar-refractivity contribution in [3.05, 3.63) is 51.4 Å². The van der Waals surface area contributed by atoms with E-state index in [9.17, 15) is 4.79 Å². The molecule has 1 fully saturated rings. The Morgan fingerprint density at radius 3 is 2.63 bits per heavy atom. The van der Waals surface area contributed by atoms with E-state index in [1.807, 2.05) is 26.0 Å². The number of nitrogens with one attached hydrogen (secondary N) is 1. The summed E-state index contributed by atoms with van der Waals surface area (Å²) in [6, 6.07) is 8.12. The molecule has 1 N–H and O–H groups in total. The Morgan fingerprint density at radius 1 is 1.26 bits per heavy atom. The van der Waals surface area contributed by atoms with Crippen LogP contribution in [0, 0.1) is 0 Å². The molecule has 0 spiro atoms. The Bertz CT molecular complexity index is 796. The van der Waals surface area contributed by atoms with Gasteiger partial charge in [-0.2, -0.15) is 9.78 Å². The van der Waals surface area contributed by atoms with Crippen molar-refractivity contribution < 1.29 is 4.74 Å². The summed E-state index contributed by atoms with van der Waals surface area (Å²) in [5.74, 6) is 0.651. The van der Waals surface area contributed by atoms with E-state index < -0.39 is 0 Å². The van der Waals surface area contributed by atoms with Crippen molar-refractivity contribution in [3.8, 4) is 5.69 Å². The summed E-state index contributed by atoms with van der Waals surface area (Å²) in [5.41, 5.74) is 2.33. The van der Waals surface area contributed by atoms with Crippen LogP contribution in [-0.2, 0) is 4.74 Å². The normalized spacial score (nSPS) is 14.8. The average Bonchev–Trinajstić information content (AvgIpc) is 3.19. The fourth-order valence-corrected chi connectivity index (χ4v) is 3.70. The van der Waals surface area contributed by atoms with Crippen LogP contribution in [0.4, 0.5) is 5.69 Å². The Morgan fingerprint density at radius 2 is 1.96 bits per heavy atom. The van der Waals surface area contributed by atoms with Crippen LogP contribution < -0.4 is 10.9 Å². The van der Waals surface area contributed by atoms with Crippen molar-refractivity contribution in [2.75, 3.05) is 18.5 Å². The number of nitrogens with zero attached hydrogens (tertiary/aromatic N) is 2. The highest BCUT2D eigenvalue weighted by Gasteiger charge is 2.17. The number of hydrogen-bond donors (Lipinski definition) is 1. The van der Waals surface area contributed by atoms with Crippen LogP contribution in [0.15, 0.2) is 35.3 Å². The van der Waals surface area contributed by atoms with Crippen molar-refractivity contribution in [1.29, 1.82) is 0 Å². The fraction of sp³-hybridized carbons (Fsp3) is 0.524. The molecule has 0 aliphatic heterocycles. The van der Waals surface area contributed by atoms with Gasteiger partial charge in [0.25, 0.3) is 5.56 Å². The predicted octanol–water partition coefficient (Wildman–Crippen LogP) is 4.77. The number of halogens is 1. The first-order valence-corrected chi connectivity index (χ1v) is 10.2. The lowest BCUT2D eigenvalue weighted by Crippen LogP contribution is -2.23. The van der Waals surface area contributed by atoms with Crippen LogP contribution in [0.25, 0.3) is 5.69 Å². The molecule has 0 bridgehead atoms. The lowest BCUT2D eigenvalue weighted by molar-refractivity contribution is 0.0787. The van der Waals surface area contributed by atoms with E-state index in [1.165, 1.54) is 35.9 Å². The van der Waals surface area contributed by atoms with Gasteiger partial charge in [0.15, 0.2) is 0 Å². The molecule has 0 saturated heterocycles. The van der Waals surface area contributed by atoms with Crippen molar-refractivity contribution in [3.63, 3.8) is 0 Å². The first-order chi connectivity index (χ1) is 13.1. The Labute approximate surface area is 165 Å². The van der Waals surface area contributed by atoms with Crippen molar-refractivity contribution >= 4 is 17.3 Å². The van der Waals surface area contributed by atoms with Crippen molar-refractivity contribution in [2.24, 2.45) is 0 Å². The van der Waals surface area contributed by atoms with Crippen molar-refractivity contribution in [2.45, 2.75) is 58.0 Å². The van der Waals surface area contributed by atoms with Gasteiger partial charge < -0.3 is 10.1 Å². The quantitative estimate of drug-likeness (QED) is 0.660. The van der Waals surface area contributed by atoms with E-state index in [0.29, 0.717) is 24.8 Å². The minimum atomic E-state index is -0.311. The van der Waals surface area contributed by atoms with Crippen LogP contribution >= 0.6 is 11.6 Å². The molecule has 1 aromatic carbocycles. The maximum absolute atomic E-state index is 12.6. The molecule has 1 aliphatic carbocycles. The molecule has 1 aliphatic rings. The second kappa shape index (κ2) is 9.38. The molecular formula is C21H28ClN3O2. The molecule has 2 aromatic rings. The lowest BCUT2D eigenvalue weighted by Gasteiger charge is -2.13. The highest BCUT2D eigenvalue weighted by Crippen LogP contribution is 2.34. The molecule has 6 heteroatoms. The number of benzene rings is 1. The summed E-state index contributed by atoms with van der Waals surface area (Å²) < 4.78 is 6.86. The Balaban J connectivity index is 1.66. The second-order valence-electron chi connectivity index (χ2n) is 7.36. The maximum Gasteiger partial charge on any atom is 0.292 e. The van der Waals surface area contributed by atoms with Gasteiger partial charge in [0.05, 0.1) is 23.7 Å². The van der Waals surface area contributed by atoms with Crippen molar-refractivity contribution in [1.82, 2.24) is 9.78 Å². The van der Waals surface area contributed by atoms with Gasteiger partial charge in [0.1, 0.15) is 5.02 Å². The predicted molar refractivity (Wildman–Crippen MR) is 110 cm³/mol. The third-order valence-corrected chi connectivity index (χ3v) is 5.34. The molecule has 146 valence electrons. The van der Waals surface area contributed by atoms with Gasteiger partial charge in [0.2, 0.25) is 0 Å². The smallest absolute Gasteiger partial charge is 0.292 e. The largest absolute Gasteiger partial charge is 0.382 e. The Kier molecular flexibility index (Phi) is 6.91. The van der Waals surface area contributed by atoms with Crippen LogP contribution in [-0.4, -0.2) is 29.0 Å². The van der Waals surface area contributed by atoms with Gasteiger partial charge in [-0.3, -0.25) is 4.79 Å². The number of anilines is 1. The molecule has 1 heterocycles. The minimum absolute atomic E-state index is 0.162. The zero-order valence-electron chi connectivity index (χ0n) is 16.1. The summed E-state index contributed by atoms with van der Waals surface area (Å²) in [6.07, 6.45) is 7.79. The van der Waals surface area contributed by atoms with E-state index in [4.69, 9.17) is 16.3 Å². The van der Waals surface area contributed by atoms with Crippen LogP contribution in [0.2, 0.25) is 5.02 Å². The van der Waals surface area contributed by atoms with Gasteiger partial charge in [-0.05, 0) is 56.7 Å². The summed E-state index contributed by atoms with van der Waals surface area (Å²) in [6.45, 7) is 5.36. The van der Waals surface area contributed by atoms with Gasteiger partial charge in [0, 0.05) is 13.2 Å². The van der Waals surface area contributed by atoms with E-state index in [2.05, 4.69) is 22.5 Å². The molecule has 0 unspecified atom stereocenters. The van der Waals surface area contributed by atoms with Gasteiger partial charge in [-0.1, -0.05) is 36.6 Å². The summed E-state index contributed by atoms with van der Waals surface area (Å²) in [4.78, 5) is 12.6. The molecule has 3 rings (SSSR count). The molecular weight excluding hydrogens is 362 g/mol. The summed E-state index contributed by atoms with van der Waals surface area (Å²) in [5, 5.41) is 7.62. The summed E-state index contributed by atoms with van der Waals surface area (Å²) >= 11 is 6.28. The van der Waals surface area contributed by atoms with E-state index in [0.717, 1.165) is 12.1 Å². The zero-order chi connectivity index (χ0) is 19.2. The van der Waals surface area contributed by atoms with Gasteiger partial charge in [-0.15, -0.1) is 0 Å². The lowest BCUT2D eigenvalue weighted by atomic mass is 9.98. The molecule has 0 atom stereocenters. The Hall–Kier alpha value is -1.85. The minimum Gasteiger partial charge on any atom is -0.382 e.